The van der Waals surface area contributed by atoms with Crippen LogP contribution in [0.4, 0.5) is 0 Å². The summed E-state index contributed by atoms with van der Waals surface area (Å²) in [5.41, 5.74) is 2.39. The summed E-state index contributed by atoms with van der Waals surface area (Å²) in [7, 11) is 0. The van der Waals surface area contributed by atoms with Gasteiger partial charge in [0.15, 0.2) is 17.6 Å². The molecule has 0 bridgehead atoms. The number of amides is 1. The number of aryl methyl sites for hydroxylation is 2. The highest BCUT2D eigenvalue weighted by atomic mass is 35.5. The Balaban J connectivity index is 1.53. The van der Waals surface area contributed by atoms with Gasteiger partial charge in [-0.25, -0.2) is 0 Å². The van der Waals surface area contributed by atoms with Gasteiger partial charge in [-0.3, -0.25) is 4.79 Å². The molecular formula is C21H24ClN2O4+. The summed E-state index contributed by atoms with van der Waals surface area (Å²) in [6, 6.07) is 7.58. The molecule has 1 aliphatic heterocycles. The molecule has 0 radical (unpaired) electrons. The number of nitrogens with one attached hydrogen (secondary N) is 2. The second kappa shape index (κ2) is 7.99. The molecular weight excluding hydrogens is 380 g/mol. The predicted octanol–water partition coefficient (Wildman–Crippen LogP) is 2.68. The van der Waals surface area contributed by atoms with Crippen molar-refractivity contribution in [2.45, 2.75) is 19.9 Å². The van der Waals surface area contributed by atoms with Crippen LogP contribution in [0, 0.1) is 13.8 Å². The zero-order valence-corrected chi connectivity index (χ0v) is 16.8. The lowest BCUT2D eigenvalue weighted by molar-refractivity contribution is -0.938. The van der Waals surface area contributed by atoms with Crippen molar-refractivity contribution < 1.29 is 23.3 Å². The molecule has 0 aliphatic carbocycles. The number of benzene rings is 1. The van der Waals surface area contributed by atoms with Crippen LogP contribution >= 0.6 is 11.6 Å². The van der Waals surface area contributed by atoms with E-state index in [0.29, 0.717) is 36.1 Å². The van der Waals surface area contributed by atoms with Crippen LogP contribution in [0.3, 0.4) is 0 Å². The lowest BCUT2D eigenvalue weighted by Crippen LogP contribution is -3.15. The minimum atomic E-state index is -0.230. The highest BCUT2D eigenvalue weighted by Gasteiger charge is 2.30. The molecule has 7 heteroatoms. The Hall–Kier alpha value is -2.28. The van der Waals surface area contributed by atoms with Gasteiger partial charge in [0.1, 0.15) is 18.7 Å². The number of hydrogen-bond donors (Lipinski definition) is 2. The first-order valence-corrected chi connectivity index (χ1v) is 9.85. The molecule has 28 heavy (non-hydrogen) atoms. The normalized spacial score (nSPS) is 16.4. The average Bonchev–Trinajstić information content (AvgIpc) is 3.33. The highest BCUT2D eigenvalue weighted by molar-refractivity contribution is 6.32. The van der Waals surface area contributed by atoms with Gasteiger partial charge in [0.05, 0.1) is 26.0 Å². The summed E-state index contributed by atoms with van der Waals surface area (Å²) in [6.45, 7) is 7.43. The molecule has 148 valence electrons. The van der Waals surface area contributed by atoms with Crippen molar-refractivity contribution in [2.24, 2.45) is 0 Å². The fourth-order valence-electron chi connectivity index (χ4n) is 3.75. The summed E-state index contributed by atoms with van der Waals surface area (Å²) in [6.07, 6.45) is 1.67. The van der Waals surface area contributed by atoms with Gasteiger partial charge in [0, 0.05) is 16.0 Å². The van der Waals surface area contributed by atoms with Gasteiger partial charge in [-0.05, 0) is 43.7 Å². The van der Waals surface area contributed by atoms with E-state index >= 15 is 0 Å². The Kier molecular flexibility index (Phi) is 5.44. The smallest absolute Gasteiger partial charge is 0.287 e. The number of carbonyl (C=O) groups excluding carboxylic acids is 1. The van der Waals surface area contributed by atoms with E-state index in [4.69, 9.17) is 25.2 Å². The van der Waals surface area contributed by atoms with Gasteiger partial charge in [-0.15, -0.1) is 0 Å². The zero-order valence-electron chi connectivity index (χ0n) is 16.0. The van der Waals surface area contributed by atoms with Gasteiger partial charge < -0.3 is 23.8 Å². The number of carbonyl (C=O) groups is 1. The molecule has 1 amide bonds. The summed E-state index contributed by atoms with van der Waals surface area (Å²) in [5.74, 6) is 0.958. The molecule has 2 aromatic heterocycles. The average molecular weight is 404 g/mol. The quantitative estimate of drug-likeness (QED) is 0.687. The van der Waals surface area contributed by atoms with E-state index in [9.17, 15) is 4.79 Å². The summed E-state index contributed by atoms with van der Waals surface area (Å²) in [4.78, 5) is 14.2. The van der Waals surface area contributed by atoms with Crippen LogP contribution in [-0.4, -0.2) is 38.8 Å². The monoisotopic (exact) mass is 403 g/mol. The third kappa shape index (κ3) is 3.68. The Morgan fingerprint density at radius 2 is 2.07 bits per heavy atom. The number of morpholine rings is 1. The van der Waals surface area contributed by atoms with Gasteiger partial charge >= 0.3 is 0 Å². The molecule has 4 rings (SSSR count). The van der Waals surface area contributed by atoms with E-state index in [1.54, 1.807) is 6.26 Å². The topological polar surface area (TPSA) is 69.0 Å². The van der Waals surface area contributed by atoms with Crippen molar-refractivity contribution >= 4 is 28.5 Å². The fraction of sp³-hybridized carbons (Fsp3) is 0.381. The maximum Gasteiger partial charge on any atom is 0.287 e. The van der Waals surface area contributed by atoms with Gasteiger partial charge in [0.25, 0.3) is 5.91 Å². The summed E-state index contributed by atoms with van der Waals surface area (Å²) >= 11 is 6.23. The van der Waals surface area contributed by atoms with Gasteiger partial charge in [-0.1, -0.05) is 11.6 Å². The largest absolute Gasteiger partial charge is 0.463 e. The molecule has 1 aromatic carbocycles. The number of quaternary nitrogens is 1. The first kappa shape index (κ1) is 19.1. The second-order valence-corrected chi connectivity index (χ2v) is 7.61. The summed E-state index contributed by atoms with van der Waals surface area (Å²) < 4.78 is 16.9. The lowest BCUT2D eigenvalue weighted by Gasteiger charge is -2.30. The first-order valence-electron chi connectivity index (χ1n) is 9.47. The minimum Gasteiger partial charge on any atom is -0.463 e. The number of fused-ring (bicyclic) bond motifs is 1. The van der Waals surface area contributed by atoms with Crippen LogP contribution in [0.2, 0.25) is 5.02 Å². The molecule has 3 aromatic rings. The van der Waals surface area contributed by atoms with Crippen molar-refractivity contribution in [1.29, 1.82) is 0 Å². The molecule has 1 atom stereocenters. The molecule has 1 fully saturated rings. The van der Waals surface area contributed by atoms with Crippen LogP contribution in [0.1, 0.15) is 33.5 Å². The molecule has 1 aliphatic rings. The molecule has 3 heterocycles. The van der Waals surface area contributed by atoms with Crippen molar-refractivity contribution in [3.05, 3.63) is 58.2 Å². The number of ether oxygens (including phenoxy) is 1. The van der Waals surface area contributed by atoms with E-state index < -0.39 is 0 Å². The predicted molar refractivity (Wildman–Crippen MR) is 106 cm³/mol. The maximum atomic E-state index is 12.9. The SMILES string of the molecule is Cc1cc2oc(C(=O)NC[C@@H](c3ccco3)[NH+]3CCOCC3)c(C)c2cc1Cl. The van der Waals surface area contributed by atoms with Crippen molar-refractivity contribution in [1.82, 2.24) is 5.32 Å². The molecule has 0 spiro atoms. The fourth-order valence-corrected chi connectivity index (χ4v) is 3.91. The van der Waals surface area contributed by atoms with E-state index in [0.717, 1.165) is 35.4 Å². The van der Waals surface area contributed by atoms with Crippen molar-refractivity contribution in [2.75, 3.05) is 32.8 Å². The molecule has 1 saturated heterocycles. The maximum absolute atomic E-state index is 12.9. The van der Waals surface area contributed by atoms with Gasteiger partial charge in [0.2, 0.25) is 0 Å². The Labute approximate surface area is 168 Å². The number of hydrogen-bond acceptors (Lipinski definition) is 4. The van der Waals surface area contributed by atoms with Gasteiger partial charge in [-0.2, -0.15) is 0 Å². The molecule has 0 saturated carbocycles. The second-order valence-electron chi connectivity index (χ2n) is 7.20. The van der Waals surface area contributed by atoms with Crippen LogP contribution in [0.5, 0.6) is 0 Å². The first-order chi connectivity index (χ1) is 13.5. The number of furan rings is 2. The third-order valence-corrected chi connectivity index (χ3v) is 5.81. The molecule has 0 unspecified atom stereocenters. The van der Waals surface area contributed by atoms with Crippen LogP contribution < -0.4 is 10.2 Å². The third-order valence-electron chi connectivity index (χ3n) is 5.40. The Morgan fingerprint density at radius 1 is 1.29 bits per heavy atom. The van der Waals surface area contributed by atoms with Crippen LogP contribution in [0.25, 0.3) is 11.0 Å². The van der Waals surface area contributed by atoms with E-state index in [-0.39, 0.29) is 11.9 Å². The van der Waals surface area contributed by atoms with E-state index in [1.807, 2.05) is 38.1 Å². The minimum absolute atomic E-state index is 0.0317. The molecule has 2 N–H and O–H groups in total. The van der Waals surface area contributed by atoms with Crippen molar-refractivity contribution in [3.8, 4) is 0 Å². The highest BCUT2D eigenvalue weighted by Crippen LogP contribution is 2.30. The zero-order chi connectivity index (χ0) is 19.7. The summed E-state index contributed by atoms with van der Waals surface area (Å²) in [5, 5.41) is 4.56. The lowest BCUT2D eigenvalue weighted by atomic mass is 10.1. The Bertz CT molecular complexity index is 974. The number of halogens is 1. The standard InChI is InChI=1S/C21H23ClN2O4/c1-13-10-19-15(11-16(13)22)14(2)20(28-19)21(25)23-12-17(18-4-3-7-27-18)24-5-8-26-9-6-24/h3-4,7,10-11,17H,5-6,8-9,12H2,1-2H3,(H,23,25)/p+1/t17-/m0/s1. The van der Waals surface area contributed by atoms with E-state index in [2.05, 4.69) is 5.32 Å². The van der Waals surface area contributed by atoms with E-state index in [1.165, 1.54) is 4.90 Å². The Morgan fingerprint density at radius 3 is 2.79 bits per heavy atom. The van der Waals surface area contributed by atoms with Crippen molar-refractivity contribution in [3.63, 3.8) is 0 Å². The van der Waals surface area contributed by atoms with Crippen LogP contribution in [-0.2, 0) is 4.74 Å². The number of rotatable bonds is 5. The molecule has 6 nitrogen and oxygen atoms in total. The van der Waals surface area contributed by atoms with Crippen LogP contribution in [0.15, 0.2) is 39.4 Å².